The Labute approximate surface area is 129 Å². The number of carbonyl (C=O) groups excluding carboxylic acids is 1. The fourth-order valence-corrected chi connectivity index (χ4v) is 2.57. The van der Waals surface area contributed by atoms with Gasteiger partial charge in [0.15, 0.2) is 9.84 Å². The third-order valence-corrected chi connectivity index (χ3v) is 4.28. The van der Waals surface area contributed by atoms with Crippen LogP contribution in [-0.4, -0.2) is 56.1 Å². The van der Waals surface area contributed by atoms with Gasteiger partial charge in [-0.05, 0) is 18.2 Å². The molecule has 1 N–H and O–H groups in total. The molecule has 0 fully saturated rings. The highest BCUT2D eigenvalue weighted by molar-refractivity contribution is 7.90. The van der Waals surface area contributed by atoms with Crippen LogP contribution in [0, 0.1) is 0 Å². The van der Waals surface area contributed by atoms with Crippen molar-refractivity contribution in [3.8, 4) is 0 Å². The number of aromatic nitrogens is 2. The molecule has 1 heterocycles. The second-order valence-electron chi connectivity index (χ2n) is 5.14. The minimum Gasteiger partial charge on any atom is -0.369 e. The van der Waals surface area contributed by atoms with Crippen LogP contribution in [0.1, 0.15) is 6.42 Å². The molecule has 118 valence electrons. The second-order valence-corrected chi connectivity index (χ2v) is 7.15. The van der Waals surface area contributed by atoms with E-state index < -0.39 is 9.84 Å². The molecule has 0 unspecified atom stereocenters. The van der Waals surface area contributed by atoms with E-state index in [-0.39, 0.29) is 10.8 Å². The van der Waals surface area contributed by atoms with Crippen LogP contribution in [0.4, 0.5) is 5.82 Å². The number of nitrogens with one attached hydrogen (secondary N) is 1. The van der Waals surface area contributed by atoms with Crippen molar-refractivity contribution in [3.63, 3.8) is 0 Å². The highest BCUT2D eigenvalue weighted by atomic mass is 32.2. The van der Waals surface area contributed by atoms with Gasteiger partial charge in [-0.15, -0.1) is 0 Å². The first kappa shape index (κ1) is 16.2. The number of benzene rings is 1. The Morgan fingerprint density at radius 2 is 2.00 bits per heavy atom. The molecule has 0 aliphatic rings. The van der Waals surface area contributed by atoms with Crippen molar-refractivity contribution in [2.45, 2.75) is 11.3 Å². The Bertz CT molecular complexity index is 803. The maximum Gasteiger partial charge on any atom is 0.223 e. The molecule has 7 nitrogen and oxygen atoms in total. The van der Waals surface area contributed by atoms with Crippen LogP contribution in [0.5, 0.6) is 0 Å². The highest BCUT2D eigenvalue weighted by Gasteiger charge is 2.11. The number of hydrogen-bond donors (Lipinski definition) is 1. The van der Waals surface area contributed by atoms with E-state index in [0.717, 1.165) is 6.26 Å². The van der Waals surface area contributed by atoms with E-state index >= 15 is 0 Å². The van der Waals surface area contributed by atoms with Gasteiger partial charge >= 0.3 is 0 Å². The number of anilines is 1. The van der Waals surface area contributed by atoms with Crippen molar-refractivity contribution in [3.05, 3.63) is 24.5 Å². The first-order chi connectivity index (χ1) is 10.3. The molecule has 2 aromatic rings. The van der Waals surface area contributed by atoms with E-state index in [1.165, 1.54) is 17.3 Å². The molecule has 0 aliphatic carbocycles. The third kappa shape index (κ3) is 3.70. The Balaban J connectivity index is 2.28. The summed E-state index contributed by atoms with van der Waals surface area (Å²) in [5, 5.41) is 3.67. The summed E-state index contributed by atoms with van der Waals surface area (Å²) in [6.07, 6.45) is 2.88. The second kappa shape index (κ2) is 6.27. The average Bonchev–Trinajstić information content (AvgIpc) is 2.45. The molecule has 0 aliphatic heterocycles. The Hall–Kier alpha value is -2.22. The summed E-state index contributed by atoms with van der Waals surface area (Å²) in [4.78, 5) is 21.5. The van der Waals surface area contributed by atoms with Gasteiger partial charge < -0.3 is 10.2 Å². The van der Waals surface area contributed by atoms with Gasteiger partial charge in [0.1, 0.15) is 12.1 Å². The number of hydrogen-bond acceptors (Lipinski definition) is 6. The van der Waals surface area contributed by atoms with Gasteiger partial charge in [0, 0.05) is 38.7 Å². The fraction of sp³-hybridized carbons (Fsp3) is 0.357. The quantitative estimate of drug-likeness (QED) is 0.880. The first-order valence-corrected chi connectivity index (χ1v) is 8.57. The lowest BCUT2D eigenvalue weighted by Crippen LogP contribution is -2.24. The predicted molar refractivity (Wildman–Crippen MR) is 84.4 cm³/mol. The zero-order valence-electron chi connectivity index (χ0n) is 12.7. The molecule has 22 heavy (non-hydrogen) atoms. The molecule has 0 bridgehead atoms. The van der Waals surface area contributed by atoms with E-state index in [9.17, 15) is 13.2 Å². The Morgan fingerprint density at radius 1 is 1.27 bits per heavy atom. The van der Waals surface area contributed by atoms with Crippen LogP contribution < -0.4 is 5.32 Å². The van der Waals surface area contributed by atoms with Crippen molar-refractivity contribution in [1.82, 2.24) is 14.9 Å². The summed E-state index contributed by atoms with van der Waals surface area (Å²) in [7, 11) is 0.0901. The number of fused-ring (bicyclic) bond motifs is 1. The summed E-state index contributed by atoms with van der Waals surface area (Å²) < 4.78 is 23.3. The molecule has 1 aromatic carbocycles. The molecule has 0 saturated heterocycles. The number of nitrogens with zero attached hydrogens (tertiary/aromatic N) is 3. The normalized spacial score (nSPS) is 11.4. The molecule has 0 saturated carbocycles. The smallest absolute Gasteiger partial charge is 0.223 e. The summed E-state index contributed by atoms with van der Waals surface area (Å²) in [5.74, 6) is 0.518. The zero-order chi connectivity index (χ0) is 16.3. The topological polar surface area (TPSA) is 92.3 Å². The summed E-state index contributed by atoms with van der Waals surface area (Å²) in [6.45, 7) is 0.409. The van der Waals surface area contributed by atoms with Gasteiger partial charge in [-0.3, -0.25) is 4.79 Å². The van der Waals surface area contributed by atoms with E-state index in [1.54, 1.807) is 26.2 Å². The lowest BCUT2D eigenvalue weighted by Gasteiger charge is -2.12. The summed E-state index contributed by atoms with van der Waals surface area (Å²) >= 11 is 0. The monoisotopic (exact) mass is 322 g/mol. The molecule has 0 atom stereocenters. The average molecular weight is 322 g/mol. The minimum atomic E-state index is -3.30. The van der Waals surface area contributed by atoms with Crippen molar-refractivity contribution < 1.29 is 13.2 Å². The van der Waals surface area contributed by atoms with E-state index in [4.69, 9.17) is 0 Å². The Kier molecular flexibility index (Phi) is 4.60. The number of sulfone groups is 1. The van der Waals surface area contributed by atoms with Crippen molar-refractivity contribution in [1.29, 1.82) is 0 Å². The highest BCUT2D eigenvalue weighted by Crippen LogP contribution is 2.22. The van der Waals surface area contributed by atoms with Crippen LogP contribution in [0.3, 0.4) is 0 Å². The van der Waals surface area contributed by atoms with Gasteiger partial charge in [-0.25, -0.2) is 18.4 Å². The zero-order valence-corrected chi connectivity index (χ0v) is 13.5. The van der Waals surface area contributed by atoms with Gasteiger partial charge in [-0.1, -0.05) is 0 Å². The minimum absolute atomic E-state index is 0.00249. The third-order valence-electron chi connectivity index (χ3n) is 3.17. The van der Waals surface area contributed by atoms with Gasteiger partial charge in [0.25, 0.3) is 0 Å². The maximum absolute atomic E-state index is 11.7. The van der Waals surface area contributed by atoms with Gasteiger partial charge in [0.2, 0.25) is 5.91 Å². The Morgan fingerprint density at radius 3 is 2.64 bits per heavy atom. The van der Waals surface area contributed by atoms with E-state index in [0.29, 0.717) is 29.7 Å². The van der Waals surface area contributed by atoms with Crippen LogP contribution in [0.25, 0.3) is 10.9 Å². The van der Waals surface area contributed by atoms with E-state index in [1.807, 2.05) is 0 Å². The molecule has 8 heteroatoms. The molecular formula is C14H18N4O3S. The number of amides is 1. The van der Waals surface area contributed by atoms with E-state index in [2.05, 4.69) is 15.3 Å². The number of carbonyl (C=O) groups is 1. The predicted octanol–water partition coefficient (Wildman–Crippen LogP) is 0.923. The number of rotatable bonds is 5. The first-order valence-electron chi connectivity index (χ1n) is 6.68. The lowest BCUT2D eigenvalue weighted by molar-refractivity contribution is -0.128. The van der Waals surface area contributed by atoms with Crippen molar-refractivity contribution in [2.24, 2.45) is 0 Å². The van der Waals surface area contributed by atoms with Crippen LogP contribution >= 0.6 is 0 Å². The van der Waals surface area contributed by atoms with Gasteiger partial charge in [-0.2, -0.15) is 0 Å². The van der Waals surface area contributed by atoms with Crippen LogP contribution in [0.15, 0.2) is 29.4 Å². The van der Waals surface area contributed by atoms with Crippen LogP contribution in [0.2, 0.25) is 0 Å². The SMILES string of the molecule is CN(C)C(=O)CCNc1ncnc2ccc(S(C)(=O)=O)cc12. The molecule has 1 amide bonds. The largest absolute Gasteiger partial charge is 0.369 e. The fourth-order valence-electron chi connectivity index (χ4n) is 1.92. The molecule has 0 radical (unpaired) electrons. The summed E-state index contributed by atoms with van der Waals surface area (Å²) in [6, 6.07) is 4.70. The molecular weight excluding hydrogens is 304 g/mol. The van der Waals surface area contributed by atoms with Crippen LogP contribution in [-0.2, 0) is 14.6 Å². The molecule has 1 aromatic heterocycles. The van der Waals surface area contributed by atoms with Crippen molar-refractivity contribution >= 4 is 32.5 Å². The lowest BCUT2D eigenvalue weighted by atomic mass is 10.2. The van der Waals surface area contributed by atoms with Gasteiger partial charge in [0.05, 0.1) is 10.4 Å². The summed E-state index contributed by atoms with van der Waals surface area (Å²) in [5.41, 5.74) is 0.642. The molecule has 2 rings (SSSR count). The molecule has 0 spiro atoms. The van der Waals surface area contributed by atoms with Crippen molar-refractivity contribution in [2.75, 3.05) is 32.2 Å². The standard InChI is InChI=1S/C14H18N4O3S/c1-18(2)13(19)6-7-15-14-11-8-10(22(3,20)21)4-5-12(11)16-9-17-14/h4-5,8-9H,6-7H2,1-3H3,(H,15,16,17). The maximum atomic E-state index is 11.7.